The monoisotopic (exact) mass is 366 g/mol. The Labute approximate surface area is 155 Å². The topological polar surface area (TPSA) is 60.8 Å². The molecule has 5 nitrogen and oxygen atoms in total. The first-order chi connectivity index (χ1) is 12.7. The van der Waals surface area contributed by atoms with Crippen molar-refractivity contribution in [2.45, 2.75) is 0 Å². The molecule has 130 valence electrons. The smallest absolute Gasteiger partial charge is 0.372 e. The molecule has 3 aromatic rings. The van der Waals surface area contributed by atoms with Crippen LogP contribution >= 0.6 is 11.6 Å². The van der Waals surface area contributed by atoms with Gasteiger partial charge in [-0.2, -0.15) is 0 Å². The summed E-state index contributed by atoms with van der Waals surface area (Å²) in [5, 5.41) is 4.62. The molecule has 0 N–H and O–H groups in total. The highest BCUT2D eigenvalue weighted by Gasteiger charge is 2.10. The van der Waals surface area contributed by atoms with Gasteiger partial charge >= 0.3 is 5.97 Å². The molecule has 0 bridgehead atoms. The number of benzene rings is 2. The molecule has 0 radical (unpaired) electrons. The second-order valence-electron chi connectivity index (χ2n) is 5.25. The SMILES string of the molecule is O=C(COc1ccc(Cl)cc1)O/N=C(/c1ccccc1)c1ccncc1. The molecule has 0 aliphatic rings. The summed E-state index contributed by atoms with van der Waals surface area (Å²) in [5.41, 5.74) is 2.15. The van der Waals surface area contributed by atoms with E-state index in [9.17, 15) is 4.79 Å². The number of ether oxygens (including phenoxy) is 1. The van der Waals surface area contributed by atoms with Gasteiger partial charge in [0.15, 0.2) is 6.61 Å². The van der Waals surface area contributed by atoms with Crippen LogP contribution < -0.4 is 4.74 Å². The number of oxime groups is 1. The van der Waals surface area contributed by atoms with Crippen molar-refractivity contribution in [3.63, 3.8) is 0 Å². The van der Waals surface area contributed by atoms with Gasteiger partial charge in [0.1, 0.15) is 11.5 Å². The zero-order valence-corrected chi connectivity index (χ0v) is 14.5. The number of carbonyl (C=O) groups excluding carboxylic acids is 1. The number of nitrogens with zero attached hydrogens (tertiary/aromatic N) is 2. The van der Waals surface area contributed by atoms with Gasteiger partial charge in [-0.05, 0) is 36.4 Å². The fourth-order valence-corrected chi connectivity index (χ4v) is 2.30. The minimum Gasteiger partial charge on any atom is -0.482 e. The summed E-state index contributed by atoms with van der Waals surface area (Å²) in [6.45, 7) is -0.260. The van der Waals surface area contributed by atoms with Crippen LogP contribution in [0.2, 0.25) is 5.02 Å². The highest BCUT2D eigenvalue weighted by Crippen LogP contribution is 2.15. The number of hydrogen-bond acceptors (Lipinski definition) is 5. The number of halogens is 1. The third-order valence-electron chi connectivity index (χ3n) is 3.41. The Kier molecular flexibility index (Phi) is 5.96. The summed E-state index contributed by atoms with van der Waals surface area (Å²) in [6, 6.07) is 19.7. The van der Waals surface area contributed by atoms with Gasteiger partial charge in [-0.15, -0.1) is 0 Å². The molecule has 0 amide bonds. The van der Waals surface area contributed by atoms with E-state index in [2.05, 4.69) is 10.1 Å². The third kappa shape index (κ3) is 4.91. The van der Waals surface area contributed by atoms with Crippen LogP contribution in [0, 0.1) is 0 Å². The molecule has 1 heterocycles. The molecule has 0 aliphatic carbocycles. The molecule has 0 spiro atoms. The lowest BCUT2D eigenvalue weighted by molar-refractivity contribution is -0.146. The zero-order chi connectivity index (χ0) is 18.2. The van der Waals surface area contributed by atoms with E-state index >= 15 is 0 Å². The van der Waals surface area contributed by atoms with Crippen LogP contribution in [0.3, 0.4) is 0 Å². The van der Waals surface area contributed by atoms with Crippen molar-refractivity contribution in [1.82, 2.24) is 4.98 Å². The van der Waals surface area contributed by atoms with Crippen molar-refractivity contribution in [2.75, 3.05) is 6.61 Å². The molecule has 3 rings (SSSR count). The quantitative estimate of drug-likeness (QED) is 0.374. The minimum absolute atomic E-state index is 0.260. The van der Waals surface area contributed by atoms with Crippen LogP contribution in [0.5, 0.6) is 5.75 Å². The Hall–Kier alpha value is -3.18. The lowest BCUT2D eigenvalue weighted by Crippen LogP contribution is -2.14. The average molecular weight is 367 g/mol. The molecule has 1 aromatic heterocycles. The lowest BCUT2D eigenvalue weighted by Gasteiger charge is -2.07. The Morgan fingerprint density at radius 1 is 0.923 bits per heavy atom. The van der Waals surface area contributed by atoms with Crippen molar-refractivity contribution in [3.8, 4) is 5.75 Å². The highest BCUT2D eigenvalue weighted by atomic mass is 35.5. The fourth-order valence-electron chi connectivity index (χ4n) is 2.17. The number of aromatic nitrogens is 1. The Morgan fingerprint density at radius 3 is 2.27 bits per heavy atom. The van der Waals surface area contributed by atoms with Gasteiger partial charge in [-0.25, -0.2) is 4.79 Å². The molecular formula is C20H15ClN2O3. The Morgan fingerprint density at radius 2 is 1.58 bits per heavy atom. The van der Waals surface area contributed by atoms with Crippen molar-refractivity contribution in [3.05, 3.63) is 95.3 Å². The van der Waals surface area contributed by atoms with Crippen molar-refractivity contribution >= 4 is 23.3 Å². The summed E-state index contributed by atoms with van der Waals surface area (Å²) in [4.78, 5) is 21.0. The van der Waals surface area contributed by atoms with Crippen LogP contribution in [0.15, 0.2) is 84.3 Å². The van der Waals surface area contributed by atoms with E-state index in [0.29, 0.717) is 16.5 Å². The van der Waals surface area contributed by atoms with E-state index < -0.39 is 5.97 Å². The molecule has 2 aromatic carbocycles. The highest BCUT2D eigenvalue weighted by molar-refractivity contribution is 6.30. The van der Waals surface area contributed by atoms with E-state index in [1.165, 1.54) is 0 Å². The van der Waals surface area contributed by atoms with Crippen molar-refractivity contribution in [2.24, 2.45) is 5.16 Å². The maximum Gasteiger partial charge on any atom is 0.372 e. The third-order valence-corrected chi connectivity index (χ3v) is 3.66. The maximum atomic E-state index is 12.0. The second kappa shape index (κ2) is 8.78. The predicted molar refractivity (Wildman–Crippen MR) is 99.4 cm³/mol. The Bertz CT molecular complexity index is 840. The van der Waals surface area contributed by atoms with E-state index in [4.69, 9.17) is 21.2 Å². The summed E-state index contributed by atoms with van der Waals surface area (Å²) < 4.78 is 5.35. The van der Waals surface area contributed by atoms with Gasteiger partial charge in [0.05, 0.1) is 0 Å². The number of carbonyl (C=O) groups is 1. The molecule has 26 heavy (non-hydrogen) atoms. The summed E-state index contributed by atoms with van der Waals surface area (Å²) in [5.74, 6) is -0.0878. The molecule has 0 aliphatic heterocycles. The molecule has 0 atom stereocenters. The van der Waals surface area contributed by atoms with E-state index in [1.807, 2.05) is 30.3 Å². The largest absolute Gasteiger partial charge is 0.482 e. The maximum absolute atomic E-state index is 12.0. The van der Waals surface area contributed by atoms with Gasteiger partial charge in [0.2, 0.25) is 0 Å². The van der Waals surface area contributed by atoms with Gasteiger partial charge in [0.25, 0.3) is 0 Å². The minimum atomic E-state index is -0.609. The first-order valence-corrected chi connectivity index (χ1v) is 8.22. The molecule has 6 heteroatoms. The molecule has 0 saturated heterocycles. The van der Waals surface area contributed by atoms with Crippen LogP contribution in [0.25, 0.3) is 0 Å². The van der Waals surface area contributed by atoms with E-state index in [0.717, 1.165) is 11.1 Å². The normalized spacial score (nSPS) is 11.0. The summed E-state index contributed by atoms with van der Waals surface area (Å²) in [7, 11) is 0. The molecule has 0 saturated carbocycles. The zero-order valence-electron chi connectivity index (χ0n) is 13.7. The van der Waals surface area contributed by atoms with Gasteiger partial charge in [0, 0.05) is 28.5 Å². The molecule has 0 fully saturated rings. The predicted octanol–water partition coefficient (Wildman–Crippen LogP) is 4.11. The van der Waals surface area contributed by atoms with E-state index in [1.54, 1.807) is 48.8 Å². The van der Waals surface area contributed by atoms with Crippen molar-refractivity contribution in [1.29, 1.82) is 0 Å². The van der Waals surface area contributed by atoms with E-state index in [-0.39, 0.29) is 6.61 Å². The number of rotatable bonds is 6. The number of pyridine rings is 1. The second-order valence-corrected chi connectivity index (χ2v) is 5.68. The van der Waals surface area contributed by atoms with Crippen LogP contribution in [0.4, 0.5) is 0 Å². The summed E-state index contributed by atoms with van der Waals surface area (Å²) >= 11 is 5.81. The van der Waals surface area contributed by atoms with Crippen LogP contribution in [0.1, 0.15) is 11.1 Å². The first kappa shape index (κ1) is 17.6. The number of hydrogen-bond donors (Lipinski definition) is 0. The Balaban J connectivity index is 1.70. The molecular weight excluding hydrogens is 352 g/mol. The van der Waals surface area contributed by atoms with Crippen molar-refractivity contribution < 1.29 is 14.4 Å². The van der Waals surface area contributed by atoms with Crippen LogP contribution in [-0.2, 0) is 9.63 Å². The fraction of sp³-hybridized carbons (Fsp3) is 0.0500. The lowest BCUT2D eigenvalue weighted by atomic mass is 10.0. The van der Waals surface area contributed by atoms with Gasteiger partial charge in [-0.1, -0.05) is 47.1 Å². The standard InChI is InChI=1S/C20H15ClN2O3/c21-17-6-8-18(9-7-17)25-14-19(24)26-23-20(15-4-2-1-3-5-15)16-10-12-22-13-11-16/h1-13H,14H2/b23-20-. The molecule has 0 unspecified atom stereocenters. The summed E-state index contributed by atoms with van der Waals surface area (Å²) in [6.07, 6.45) is 3.30. The first-order valence-electron chi connectivity index (χ1n) is 7.84. The average Bonchev–Trinajstić information content (AvgIpc) is 2.69. The van der Waals surface area contributed by atoms with Gasteiger partial charge in [-0.3, -0.25) is 4.98 Å². The van der Waals surface area contributed by atoms with Gasteiger partial charge < -0.3 is 9.57 Å². The van der Waals surface area contributed by atoms with Crippen LogP contribution in [-0.4, -0.2) is 23.3 Å².